The van der Waals surface area contributed by atoms with Crippen molar-refractivity contribution in [3.05, 3.63) is 18.0 Å². The lowest BCUT2D eigenvalue weighted by atomic mass is 10.2. The molecular weight excluding hydrogens is 148 g/mol. The first kappa shape index (κ1) is 7.74. The minimum atomic E-state index is -1.47. The van der Waals surface area contributed by atoms with Crippen molar-refractivity contribution >= 4 is 5.97 Å². The molecule has 5 heteroatoms. The molecule has 0 radical (unpaired) electrons. The monoisotopic (exact) mass is 156 g/mol. The van der Waals surface area contributed by atoms with E-state index in [0.29, 0.717) is 5.56 Å². The first-order valence-corrected chi connectivity index (χ1v) is 3.00. The Hall–Kier alpha value is -1.36. The number of aliphatic hydroxyl groups is 1. The summed E-state index contributed by atoms with van der Waals surface area (Å²) in [5, 5.41) is 21.0. The molecular formula is C6H8N2O3. The van der Waals surface area contributed by atoms with Gasteiger partial charge in [0.15, 0.2) is 6.10 Å². The average molecular weight is 156 g/mol. The van der Waals surface area contributed by atoms with Crippen molar-refractivity contribution in [3.8, 4) is 0 Å². The molecule has 0 aliphatic carbocycles. The van der Waals surface area contributed by atoms with Gasteiger partial charge in [0.05, 0.1) is 6.20 Å². The summed E-state index contributed by atoms with van der Waals surface area (Å²) < 4.78 is 1.43. The molecule has 1 aromatic heterocycles. The standard InChI is InChI=1S/C6H8N2O3/c1-8-3-4(2-7-8)5(9)6(10)11/h2-3,5,9H,1H3,(H,10,11)/t5-/m0/s1. The van der Waals surface area contributed by atoms with Crippen LogP contribution in [0.3, 0.4) is 0 Å². The maximum absolute atomic E-state index is 10.2. The van der Waals surface area contributed by atoms with Gasteiger partial charge in [-0.15, -0.1) is 0 Å². The Morgan fingerprint density at radius 2 is 2.45 bits per heavy atom. The molecule has 60 valence electrons. The zero-order chi connectivity index (χ0) is 8.43. The average Bonchev–Trinajstić information content (AvgIpc) is 2.34. The zero-order valence-electron chi connectivity index (χ0n) is 5.93. The Kier molecular flexibility index (Phi) is 1.91. The lowest BCUT2D eigenvalue weighted by Crippen LogP contribution is -2.09. The van der Waals surface area contributed by atoms with Gasteiger partial charge in [-0.25, -0.2) is 4.79 Å². The largest absolute Gasteiger partial charge is 0.479 e. The molecule has 2 N–H and O–H groups in total. The van der Waals surface area contributed by atoms with Crippen LogP contribution in [0, 0.1) is 0 Å². The van der Waals surface area contributed by atoms with Gasteiger partial charge >= 0.3 is 5.97 Å². The van der Waals surface area contributed by atoms with Crippen LogP contribution >= 0.6 is 0 Å². The maximum atomic E-state index is 10.2. The molecule has 0 aromatic carbocycles. The van der Waals surface area contributed by atoms with E-state index in [1.165, 1.54) is 17.1 Å². The van der Waals surface area contributed by atoms with Gasteiger partial charge in [-0.3, -0.25) is 4.68 Å². The normalized spacial score (nSPS) is 12.9. The lowest BCUT2D eigenvalue weighted by molar-refractivity contribution is -0.146. The summed E-state index contributed by atoms with van der Waals surface area (Å²) in [5.41, 5.74) is 0.292. The first-order chi connectivity index (χ1) is 5.11. The Morgan fingerprint density at radius 3 is 2.82 bits per heavy atom. The molecule has 0 amide bonds. The minimum absolute atomic E-state index is 0.292. The number of hydrogen-bond acceptors (Lipinski definition) is 3. The van der Waals surface area contributed by atoms with Crippen molar-refractivity contribution < 1.29 is 15.0 Å². The van der Waals surface area contributed by atoms with Crippen molar-refractivity contribution in [3.63, 3.8) is 0 Å². The number of aliphatic hydroxyl groups excluding tert-OH is 1. The van der Waals surface area contributed by atoms with Crippen LogP contribution < -0.4 is 0 Å². The van der Waals surface area contributed by atoms with Gasteiger partial charge < -0.3 is 10.2 Å². The van der Waals surface area contributed by atoms with Gasteiger partial charge in [0.2, 0.25) is 0 Å². The van der Waals surface area contributed by atoms with E-state index in [2.05, 4.69) is 5.10 Å². The number of aliphatic carboxylic acids is 1. The maximum Gasteiger partial charge on any atom is 0.337 e. The van der Waals surface area contributed by atoms with Gasteiger partial charge in [0.25, 0.3) is 0 Å². The fourth-order valence-corrected chi connectivity index (χ4v) is 0.724. The highest BCUT2D eigenvalue weighted by atomic mass is 16.4. The second-order valence-corrected chi connectivity index (χ2v) is 2.19. The molecule has 0 unspecified atom stereocenters. The third kappa shape index (κ3) is 1.56. The Balaban J connectivity index is 2.84. The molecule has 1 rings (SSSR count). The number of carbonyl (C=O) groups is 1. The van der Waals surface area contributed by atoms with Crippen LogP contribution in [-0.2, 0) is 11.8 Å². The summed E-state index contributed by atoms with van der Waals surface area (Å²) in [4.78, 5) is 10.2. The molecule has 0 aliphatic heterocycles. The zero-order valence-corrected chi connectivity index (χ0v) is 5.93. The molecule has 0 fully saturated rings. The number of rotatable bonds is 2. The summed E-state index contributed by atoms with van der Waals surface area (Å²) in [6.07, 6.45) is 1.31. The summed E-state index contributed by atoms with van der Waals surface area (Å²) in [5.74, 6) is -1.27. The van der Waals surface area contributed by atoms with Crippen molar-refractivity contribution in [2.24, 2.45) is 7.05 Å². The number of aromatic nitrogens is 2. The molecule has 0 saturated carbocycles. The quantitative estimate of drug-likeness (QED) is 0.607. The molecule has 5 nitrogen and oxygen atoms in total. The third-order valence-electron chi connectivity index (χ3n) is 1.27. The highest BCUT2D eigenvalue weighted by Gasteiger charge is 2.16. The fraction of sp³-hybridized carbons (Fsp3) is 0.333. The minimum Gasteiger partial charge on any atom is -0.479 e. The van der Waals surface area contributed by atoms with Crippen molar-refractivity contribution in [1.29, 1.82) is 0 Å². The molecule has 0 aliphatic rings. The molecule has 0 saturated heterocycles. The highest BCUT2D eigenvalue weighted by molar-refractivity contribution is 5.73. The van der Waals surface area contributed by atoms with Gasteiger partial charge in [-0.1, -0.05) is 0 Å². The van der Waals surface area contributed by atoms with E-state index < -0.39 is 12.1 Å². The second-order valence-electron chi connectivity index (χ2n) is 2.19. The summed E-state index contributed by atoms with van der Waals surface area (Å²) in [7, 11) is 1.65. The lowest BCUT2D eigenvalue weighted by Gasteiger charge is -1.98. The van der Waals surface area contributed by atoms with Crippen molar-refractivity contribution in [1.82, 2.24) is 9.78 Å². The van der Waals surface area contributed by atoms with E-state index in [1.54, 1.807) is 7.05 Å². The van der Waals surface area contributed by atoms with Crippen LogP contribution in [0.1, 0.15) is 11.7 Å². The Bertz CT molecular complexity index is 269. The van der Waals surface area contributed by atoms with Crippen molar-refractivity contribution in [2.75, 3.05) is 0 Å². The van der Waals surface area contributed by atoms with Gasteiger partial charge in [-0.05, 0) is 0 Å². The van der Waals surface area contributed by atoms with Crippen LogP contribution in [-0.4, -0.2) is 26.0 Å². The number of aryl methyl sites for hydroxylation is 1. The van der Waals surface area contributed by atoms with Crippen LogP contribution in [0.2, 0.25) is 0 Å². The van der Waals surface area contributed by atoms with Gasteiger partial charge in [0, 0.05) is 18.8 Å². The van der Waals surface area contributed by atoms with E-state index in [4.69, 9.17) is 10.2 Å². The van der Waals surface area contributed by atoms with Crippen molar-refractivity contribution in [2.45, 2.75) is 6.10 Å². The molecule has 1 aromatic rings. The SMILES string of the molecule is Cn1cc([C@H](O)C(=O)O)cn1. The predicted octanol–water partition coefficient (Wildman–Crippen LogP) is -0.462. The van der Waals surface area contributed by atoms with Crippen LogP contribution in [0.5, 0.6) is 0 Å². The van der Waals surface area contributed by atoms with Crippen LogP contribution in [0.15, 0.2) is 12.4 Å². The molecule has 1 atom stereocenters. The van der Waals surface area contributed by atoms with Gasteiger partial charge in [0.1, 0.15) is 0 Å². The summed E-state index contributed by atoms with van der Waals surface area (Å²) >= 11 is 0. The number of carboxylic acid groups (broad SMARTS) is 1. The molecule has 11 heavy (non-hydrogen) atoms. The molecule has 0 spiro atoms. The van der Waals surface area contributed by atoms with E-state index >= 15 is 0 Å². The van der Waals surface area contributed by atoms with Crippen LogP contribution in [0.25, 0.3) is 0 Å². The molecule has 1 heterocycles. The third-order valence-corrected chi connectivity index (χ3v) is 1.27. The highest BCUT2D eigenvalue weighted by Crippen LogP contribution is 2.10. The number of nitrogens with zero attached hydrogens (tertiary/aromatic N) is 2. The van der Waals surface area contributed by atoms with E-state index in [9.17, 15) is 4.79 Å². The van der Waals surface area contributed by atoms with E-state index in [1.807, 2.05) is 0 Å². The van der Waals surface area contributed by atoms with E-state index in [0.717, 1.165) is 0 Å². The smallest absolute Gasteiger partial charge is 0.337 e. The van der Waals surface area contributed by atoms with E-state index in [-0.39, 0.29) is 0 Å². The number of hydrogen-bond donors (Lipinski definition) is 2. The van der Waals surface area contributed by atoms with Crippen LogP contribution in [0.4, 0.5) is 0 Å². The first-order valence-electron chi connectivity index (χ1n) is 3.00. The summed E-state index contributed by atoms with van der Waals surface area (Å²) in [6, 6.07) is 0. The fourth-order valence-electron chi connectivity index (χ4n) is 0.724. The Morgan fingerprint density at radius 1 is 1.82 bits per heavy atom. The predicted molar refractivity (Wildman–Crippen MR) is 35.8 cm³/mol. The van der Waals surface area contributed by atoms with Gasteiger partial charge in [-0.2, -0.15) is 5.10 Å². The molecule has 0 bridgehead atoms. The second kappa shape index (κ2) is 2.71. The number of carboxylic acids is 1. The topological polar surface area (TPSA) is 75.4 Å². The Labute approximate surface area is 62.9 Å². The summed E-state index contributed by atoms with van der Waals surface area (Å²) in [6.45, 7) is 0.